The molecule has 0 heterocycles. The predicted molar refractivity (Wildman–Crippen MR) is 71.9 cm³/mol. The van der Waals surface area contributed by atoms with Gasteiger partial charge in [0.1, 0.15) is 5.82 Å². The van der Waals surface area contributed by atoms with Gasteiger partial charge in [-0.1, -0.05) is 19.1 Å². The van der Waals surface area contributed by atoms with E-state index in [1.54, 1.807) is 0 Å². The lowest BCUT2D eigenvalue weighted by atomic mass is 10.1. The highest BCUT2D eigenvalue weighted by atomic mass is 19.1. The van der Waals surface area contributed by atoms with Gasteiger partial charge in [-0.3, -0.25) is 0 Å². The van der Waals surface area contributed by atoms with E-state index in [4.69, 9.17) is 5.73 Å². The monoisotopic (exact) mass is 254 g/mol. The summed E-state index contributed by atoms with van der Waals surface area (Å²) in [6.07, 6.45) is 1.47. The number of rotatable bonds is 8. The van der Waals surface area contributed by atoms with Crippen LogP contribution in [0.1, 0.15) is 18.9 Å². The Hall–Kier alpha value is -0.970. The number of aliphatic hydroxyl groups excluding tert-OH is 1. The number of nitrogens with two attached hydrogens (primary N) is 1. The average Bonchev–Trinajstić information content (AvgIpc) is 2.39. The molecule has 0 saturated heterocycles. The van der Waals surface area contributed by atoms with Crippen LogP contribution in [0.15, 0.2) is 24.3 Å². The first-order chi connectivity index (χ1) is 8.65. The fourth-order valence-corrected chi connectivity index (χ4v) is 1.91. The van der Waals surface area contributed by atoms with Gasteiger partial charge in [0.2, 0.25) is 0 Å². The predicted octanol–water partition coefficient (Wildman–Crippen LogP) is 1.40. The molecule has 0 unspecified atom stereocenters. The SMILES string of the molecule is CCN(CCCc1ccc(F)cc1)C[C@H](O)CN. The van der Waals surface area contributed by atoms with Gasteiger partial charge in [-0.2, -0.15) is 0 Å². The number of likely N-dealkylation sites (N-methyl/N-ethyl adjacent to an activating group) is 1. The van der Waals surface area contributed by atoms with Crippen LogP contribution in [-0.4, -0.2) is 42.3 Å². The van der Waals surface area contributed by atoms with Gasteiger partial charge < -0.3 is 15.7 Å². The molecule has 1 rings (SSSR count). The van der Waals surface area contributed by atoms with Gasteiger partial charge in [0.15, 0.2) is 0 Å². The molecule has 0 spiro atoms. The molecule has 3 N–H and O–H groups in total. The molecule has 0 bridgehead atoms. The molecule has 0 saturated carbocycles. The van der Waals surface area contributed by atoms with Crippen LogP contribution in [0.25, 0.3) is 0 Å². The van der Waals surface area contributed by atoms with Crippen molar-refractivity contribution < 1.29 is 9.50 Å². The summed E-state index contributed by atoms with van der Waals surface area (Å²) in [4.78, 5) is 2.18. The summed E-state index contributed by atoms with van der Waals surface area (Å²) in [6, 6.07) is 6.62. The molecule has 3 nitrogen and oxygen atoms in total. The Balaban J connectivity index is 2.28. The Morgan fingerprint density at radius 3 is 2.56 bits per heavy atom. The van der Waals surface area contributed by atoms with Gasteiger partial charge in [-0.15, -0.1) is 0 Å². The van der Waals surface area contributed by atoms with E-state index in [-0.39, 0.29) is 5.82 Å². The minimum absolute atomic E-state index is 0.194. The second kappa shape index (κ2) is 8.19. The maximum atomic E-state index is 12.7. The molecule has 0 radical (unpaired) electrons. The lowest BCUT2D eigenvalue weighted by Crippen LogP contribution is -2.37. The van der Waals surface area contributed by atoms with E-state index in [1.165, 1.54) is 12.1 Å². The van der Waals surface area contributed by atoms with E-state index in [0.29, 0.717) is 13.1 Å². The maximum Gasteiger partial charge on any atom is 0.123 e. The minimum atomic E-state index is -0.448. The molecule has 0 aliphatic rings. The second-order valence-electron chi connectivity index (χ2n) is 4.51. The number of hydrogen-bond donors (Lipinski definition) is 2. The molecule has 4 heteroatoms. The molecule has 0 aliphatic carbocycles. The van der Waals surface area contributed by atoms with Crippen LogP contribution in [0.2, 0.25) is 0 Å². The van der Waals surface area contributed by atoms with Crippen molar-refractivity contribution in [3.05, 3.63) is 35.6 Å². The third-order valence-corrected chi connectivity index (χ3v) is 3.04. The highest BCUT2D eigenvalue weighted by Gasteiger charge is 2.08. The van der Waals surface area contributed by atoms with E-state index in [9.17, 15) is 9.50 Å². The molecular formula is C14H23FN2O. The summed E-state index contributed by atoms with van der Waals surface area (Å²) in [5.41, 5.74) is 6.54. The number of halogens is 1. The summed E-state index contributed by atoms with van der Waals surface area (Å²) < 4.78 is 12.7. The van der Waals surface area contributed by atoms with Gasteiger partial charge in [-0.05, 0) is 43.6 Å². The lowest BCUT2D eigenvalue weighted by molar-refractivity contribution is 0.121. The molecule has 0 aromatic heterocycles. The number of hydrogen-bond acceptors (Lipinski definition) is 3. The largest absolute Gasteiger partial charge is 0.390 e. The smallest absolute Gasteiger partial charge is 0.123 e. The zero-order valence-corrected chi connectivity index (χ0v) is 11.0. The topological polar surface area (TPSA) is 49.5 Å². The zero-order chi connectivity index (χ0) is 13.4. The summed E-state index contributed by atoms with van der Waals surface area (Å²) in [6.45, 7) is 4.82. The summed E-state index contributed by atoms with van der Waals surface area (Å²) >= 11 is 0. The van der Waals surface area contributed by atoms with E-state index in [0.717, 1.165) is 31.5 Å². The van der Waals surface area contributed by atoms with Crippen LogP contribution in [0.5, 0.6) is 0 Å². The van der Waals surface area contributed by atoms with E-state index in [2.05, 4.69) is 11.8 Å². The van der Waals surface area contributed by atoms with Gasteiger partial charge in [0, 0.05) is 13.1 Å². The third-order valence-electron chi connectivity index (χ3n) is 3.04. The van der Waals surface area contributed by atoms with E-state index in [1.807, 2.05) is 12.1 Å². The van der Waals surface area contributed by atoms with Crippen molar-refractivity contribution in [1.82, 2.24) is 4.90 Å². The Morgan fingerprint density at radius 1 is 1.33 bits per heavy atom. The number of aryl methyl sites for hydroxylation is 1. The molecule has 1 aromatic rings. The van der Waals surface area contributed by atoms with Crippen molar-refractivity contribution in [2.24, 2.45) is 5.73 Å². The quantitative estimate of drug-likeness (QED) is 0.737. The van der Waals surface area contributed by atoms with Gasteiger partial charge in [-0.25, -0.2) is 4.39 Å². The molecule has 1 atom stereocenters. The first-order valence-electron chi connectivity index (χ1n) is 6.50. The molecule has 102 valence electrons. The first-order valence-corrected chi connectivity index (χ1v) is 6.50. The van der Waals surface area contributed by atoms with Crippen molar-refractivity contribution in [2.75, 3.05) is 26.2 Å². The Kier molecular flexibility index (Phi) is 6.86. The van der Waals surface area contributed by atoms with E-state index < -0.39 is 6.10 Å². The fourth-order valence-electron chi connectivity index (χ4n) is 1.91. The van der Waals surface area contributed by atoms with Gasteiger partial charge in [0.25, 0.3) is 0 Å². The van der Waals surface area contributed by atoms with E-state index >= 15 is 0 Å². The van der Waals surface area contributed by atoms with Crippen LogP contribution in [0.3, 0.4) is 0 Å². The average molecular weight is 254 g/mol. The fraction of sp³-hybridized carbons (Fsp3) is 0.571. The van der Waals surface area contributed by atoms with Crippen LogP contribution in [0.4, 0.5) is 4.39 Å². The minimum Gasteiger partial charge on any atom is -0.390 e. The second-order valence-corrected chi connectivity index (χ2v) is 4.51. The number of benzene rings is 1. The van der Waals surface area contributed by atoms with Crippen LogP contribution in [-0.2, 0) is 6.42 Å². The van der Waals surface area contributed by atoms with Crippen LogP contribution >= 0.6 is 0 Å². The Morgan fingerprint density at radius 2 is 2.00 bits per heavy atom. The highest BCUT2D eigenvalue weighted by Crippen LogP contribution is 2.06. The van der Waals surface area contributed by atoms with Gasteiger partial charge in [0.05, 0.1) is 6.10 Å². The van der Waals surface area contributed by atoms with Crippen LogP contribution < -0.4 is 5.73 Å². The van der Waals surface area contributed by atoms with Crippen molar-refractivity contribution in [1.29, 1.82) is 0 Å². The maximum absolute atomic E-state index is 12.7. The normalized spacial score (nSPS) is 12.9. The number of aliphatic hydroxyl groups is 1. The molecule has 18 heavy (non-hydrogen) atoms. The number of nitrogens with zero attached hydrogens (tertiary/aromatic N) is 1. The molecule has 0 aliphatic heterocycles. The highest BCUT2D eigenvalue weighted by molar-refractivity contribution is 5.15. The molecule has 1 aromatic carbocycles. The summed E-state index contributed by atoms with van der Waals surface area (Å²) in [7, 11) is 0. The Bertz CT molecular complexity index is 329. The standard InChI is InChI=1S/C14H23FN2O/c1-2-17(11-14(18)10-16)9-3-4-12-5-7-13(15)8-6-12/h5-8,14,18H,2-4,9-11,16H2,1H3/t14-/m1/s1. The van der Waals surface area contributed by atoms with Crippen molar-refractivity contribution in [3.8, 4) is 0 Å². The first kappa shape index (κ1) is 15.1. The van der Waals surface area contributed by atoms with Crippen molar-refractivity contribution >= 4 is 0 Å². The Labute approximate surface area is 108 Å². The molecule has 0 fully saturated rings. The third kappa shape index (κ3) is 5.58. The molecular weight excluding hydrogens is 231 g/mol. The zero-order valence-electron chi connectivity index (χ0n) is 11.0. The van der Waals surface area contributed by atoms with Gasteiger partial charge >= 0.3 is 0 Å². The summed E-state index contributed by atoms with van der Waals surface area (Å²) in [5.74, 6) is -0.194. The van der Waals surface area contributed by atoms with Crippen LogP contribution in [0, 0.1) is 5.82 Å². The summed E-state index contributed by atoms with van der Waals surface area (Å²) in [5, 5.41) is 9.50. The lowest BCUT2D eigenvalue weighted by Gasteiger charge is -2.22. The molecule has 0 amide bonds. The van der Waals surface area contributed by atoms with Crippen molar-refractivity contribution in [2.45, 2.75) is 25.9 Å². The van der Waals surface area contributed by atoms with Crippen molar-refractivity contribution in [3.63, 3.8) is 0 Å².